The smallest absolute Gasteiger partial charge is 0.272 e. The highest BCUT2D eigenvalue weighted by atomic mass is 32.2. The molecule has 0 saturated carbocycles. The number of benzene rings is 2. The van der Waals surface area contributed by atoms with E-state index in [2.05, 4.69) is 21.1 Å². The van der Waals surface area contributed by atoms with Crippen LogP contribution in [-0.2, 0) is 9.59 Å². The topological polar surface area (TPSA) is 255 Å². The molecule has 0 aliphatic heterocycles. The van der Waals surface area contributed by atoms with Crippen molar-refractivity contribution < 1.29 is 29.3 Å². The third-order valence-corrected chi connectivity index (χ3v) is 5.99. The van der Waals surface area contributed by atoms with Crippen LogP contribution < -0.4 is 10.9 Å². The van der Waals surface area contributed by atoms with Crippen LogP contribution in [0, 0.1) is 40.5 Å². The van der Waals surface area contributed by atoms with Crippen LogP contribution in [-0.4, -0.2) is 54.4 Å². The molecule has 0 aliphatic rings. The summed E-state index contributed by atoms with van der Waals surface area (Å²) in [5, 5.41) is 49.5. The number of nitro benzene ring substituents is 4. The second kappa shape index (κ2) is 13.3. The van der Waals surface area contributed by atoms with E-state index in [9.17, 15) is 50.0 Å². The molecule has 2 atom stereocenters. The van der Waals surface area contributed by atoms with Crippen molar-refractivity contribution in [2.24, 2.45) is 10.2 Å². The van der Waals surface area contributed by atoms with Gasteiger partial charge >= 0.3 is 0 Å². The summed E-state index contributed by atoms with van der Waals surface area (Å²) in [6.07, 6.45) is 1.89. The van der Waals surface area contributed by atoms with Crippen LogP contribution in [0.1, 0.15) is 25.0 Å². The molecule has 0 fully saturated rings. The molecule has 0 aliphatic carbocycles. The Morgan fingerprint density at radius 1 is 0.718 bits per heavy atom. The first kappa shape index (κ1) is 29.9. The fraction of sp³-hybridized carbons (Fsp3) is 0.200. The summed E-state index contributed by atoms with van der Waals surface area (Å²) in [7, 11) is 0. The number of hydrogen-bond acceptors (Lipinski definition) is 13. The van der Waals surface area contributed by atoms with Gasteiger partial charge in [-0.25, -0.2) is 10.9 Å². The molecule has 2 N–H and O–H groups in total. The van der Waals surface area contributed by atoms with Gasteiger partial charge in [-0.3, -0.25) is 50.0 Å². The molecule has 2 rings (SSSR count). The summed E-state index contributed by atoms with van der Waals surface area (Å²) >= 11 is 0.896. The van der Waals surface area contributed by atoms with Crippen molar-refractivity contribution >= 4 is 58.8 Å². The molecule has 2 amide bonds. The SMILES string of the molecule is C[C@H](S[C@@H](C)C(=O)N/N=C/c1ccc([N+](=O)[O-])cc1[N+](=O)[O-])C(=O)N/N=C\c1ccc([N+](=O)[O-])cc1[N+](=O)[O-]. The van der Waals surface area contributed by atoms with Crippen molar-refractivity contribution in [3.8, 4) is 0 Å². The molecule has 19 heteroatoms. The zero-order valence-electron chi connectivity index (χ0n) is 19.9. The Morgan fingerprint density at radius 3 is 1.38 bits per heavy atom. The van der Waals surface area contributed by atoms with E-state index in [1.165, 1.54) is 13.8 Å². The normalized spacial score (nSPS) is 12.6. The molecular weight excluding hydrogens is 544 g/mol. The Balaban J connectivity index is 1.96. The van der Waals surface area contributed by atoms with Crippen molar-refractivity contribution in [3.63, 3.8) is 0 Å². The van der Waals surface area contributed by atoms with Gasteiger partial charge in [0.2, 0.25) is 0 Å². The largest absolute Gasteiger partial charge is 0.285 e. The number of rotatable bonds is 12. The average molecular weight is 562 g/mol. The van der Waals surface area contributed by atoms with Gasteiger partial charge in [0, 0.05) is 12.1 Å². The predicted molar refractivity (Wildman–Crippen MR) is 137 cm³/mol. The fourth-order valence-corrected chi connectivity index (χ4v) is 3.73. The van der Waals surface area contributed by atoms with Crippen LogP contribution in [0.5, 0.6) is 0 Å². The number of nitrogens with one attached hydrogen (secondary N) is 2. The highest BCUT2D eigenvalue weighted by Gasteiger charge is 2.23. The second-order valence-corrected chi connectivity index (χ2v) is 9.09. The minimum atomic E-state index is -0.838. The van der Waals surface area contributed by atoms with Crippen molar-refractivity contribution in [3.05, 3.63) is 88.0 Å². The highest BCUT2D eigenvalue weighted by Crippen LogP contribution is 2.24. The summed E-state index contributed by atoms with van der Waals surface area (Å²) in [5.41, 5.74) is 1.96. The molecule has 0 saturated heterocycles. The maximum Gasteiger partial charge on any atom is 0.285 e. The van der Waals surface area contributed by atoms with Crippen molar-refractivity contribution in [2.45, 2.75) is 24.3 Å². The van der Waals surface area contributed by atoms with Crippen molar-refractivity contribution in [1.82, 2.24) is 10.9 Å². The molecule has 0 unspecified atom stereocenters. The summed E-state index contributed by atoms with van der Waals surface area (Å²) in [5.74, 6) is -1.32. The van der Waals surface area contributed by atoms with Gasteiger partial charge in [-0.1, -0.05) is 0 Å². The molecule has 2 aromatic rings. The minimum Gasteiger partial charge on any atom is -0.272 e. The summed E-state index contributed by atoms with van der Waals surface area (Å²) in [4.78, 5) is 65.2. The van der Waals surface area contributed by atoms with E-state index in [1.54, 1.807) is 0 Å². The quantitative estimate of drug-likeness (QED) is 0.215. The van der Waals surface area contributed by atoms with Gasteiger partial charge in [0.1, 0.15) is 0 Å². The number of hydrazone groups is 2. The lowest BCUT2D eigenvalue weighted by Gasteiger charge is -2.14. The number of hydrogen-bond donors (Lipinski definition) is 2. The molecule has 0 bridgehead atoms. The Hall–Kier alpha value is -5.33. The zero-order valence-corrected chi connectivity index (χ0v) is 20.8. The molecule has 39 heavy (non-hydrogen) atoms. The Kier molecular flexibility index (Phi) is 10.2. The summed E-state index contributed by atoms with van der Waals surface area (Å²) < 4.78 is 0. The van der Waals surface area contributed by atoms with Crippen LogP contribution in [0.3, 0.4) is 0 Å². The number of non-ortho nitro benzene ring substituents is 2. The number of amides is 2. The highest BCUT2D eigenvalue weighted by molar-refractivity contribution is 8.01. The van der Waals surface area contributed by atoms with E-state index < -0.39 is 64.8 Å². The lowest BCUT2D eigenvalue weighted by molar-refractivity contribution is -0.394. The lowest BCUT2D eigenvalue weighted by Crippen LogP contribution is -2.33. The molecular formula is C20H18N8O10S. The van der Waals surface area contributed by atoms with Gasteiger partial charge < -0.3 is 0 Å². The van der Waals surface area contributed by atoms with Gasteiger partial charge in [-0.15, -0.1) is 11.8 Å². The van der Waals surface area contributed by atoms with E-state index in [-0.39, 0.29) is 11.1 Å². The first-order chi connectivity index (χ1) is 18.3. The van der Waals surface area contributed by atoms with Crippen LogP contribution in [0.4, 0.5) is 22.7 Å². The maximum atomic E-state index is 12.3. The molecule has 0 aromatic heterocycles. The zero-order chi connectivity index (χ0) is 29.3. The predicted octanol–water partition coefficient (Wildman–Crippen LogP) is 2.43. The van der Waals surface area contributed by atoms with E-state index in [4.69, 9.17) is 0 Å². The third-order valence-electron chi connectivity index (χ3n) is 4.75. The summed E-state index contributed by atoms with van der Waals surface area (Å²) in [6.45, 7) is 2.91. The van der Waals surface area contributed by atoms with Crippen LogP contribution in [0.25, 0.3) is 0 Å². The van der Waals surface area contributed by atoms with Crippen molar-refractivity contribution in [1.29, 1.82) is 0 Å². The Morgan fingerprint density at radius 2 is 1.08 bits per heavy atom. The standard InChI is InChI=1S/C20H18N8O10S/c1-11(19(29)23-21-9-13-3-5-15(25(31)32)7-17(13)27(35)36)39-12(2)20(30)24-22-10-14-4-6-16(26(33)34)8-18(14)28(37)38/h3-12H,1-2H3,(H,23,29)(H,24,30)/b21-9-,22-10+/t11-,12-/m0/s1. The molecule has 18 nitrogen and oxygen atoms in total. The molecule has 2 aromatic carbocycles. The number of carbonyl (C=O) groups is 2. The van der Waals surface area contributed by atoms with Gasteiger partial charge in [0.15, 0.2) is 0 Å². The number of nitro groups is 4. The summed E-state index contributed by atoms with van der Waals surface area (Å²) in [6, 6.07) is 5.79. The Bertz CT molecular complexity index is 1290. The van der Waals surface area contributed by atoms with E-state index >= 15 is 0 Å². The number of carbonyl (C=O) groups excluding carboxylic acids is 2. The van der Waals surface area contributed by atoms with E-state index in [1.807, 2.05) is 0 Å². The molecule has 204 valence electrons. The lowest BCUT2D eigenvalue weighted by atomic mass is 10.2. The van der Waals surface area contributed by atoms with Gasteiger partial charge in [-0.05, 0) is 26.0 Å². The van der Waals surface area contributed by atoms with Crippen LogP contribution >= 0.6 is 11.8 Å². The molecule has 0 radical (unpaired) electrons. The monoisotopic (exact) mass is 562 g/mol. The third kappa shape index (κ3) is 8.35. The van der Waals surface area contributed by atoms with Gasteiger partial charge in [0.05, 0.1) is 65.9 Å². The van der Waals surface area contributed by atoms with Crippen molar-refractivity contribution in [2.75, 3.05) is 0 Å². The molecule has 0 heterocycles. The second-order valence-electron chi connectivity index (χ2n) is 7.40. The first-order valence-electron chi connectivity index (χ1n) is 10.5. The number of nitrogens with zero attached hydrogens (tertiary/aromatic N) is 6. The molecule has 0 spiro atoms. The number of thioether (sulfide) groups is 1. The average Bonchev–Trinajstić information content (AvgIpc) is 2.88. The minimum absolute atomic E-state index is 0.0925. The Labute approximate surface area is 221 Å². The van der Waals surface area contributed by atoms with Gasteiger partial charge in [0.25, 0.3) is 34.6 Å². The van der Waals surface area contributed by atoms with E-state index in [0.29, 0.717) is 0 Å². The van der Waals surface area contributed by atoms with Crippen LogP contribution in [0.2, 0.25) is 0 Å². The van der Waals surface area contributed by atoms with Gasteiger partial charge in [-0.2, -0.15) is 10.2 Å². The fourth-order valence-electron chi connectivity index (χ4n) is 2.77. The van der Waals surface area contributed by atoms with E-state index in [0.717, 1.165) is 60.6 Å². The maximum absolute atomic E-state index is 12.3. The van der Waals surface area contributed by atoms with Crippen LogP contribution in [0.15, 0.2) is 46.6 Å². The first-order valence-corrected chi connectivity index (χ1v) is 11.4.